The van der Waals surface area contributed by atoms with Crippen LogP contribution in [0.5, 0.6) is 0 Å². The Balaban J connectivity index is 4.39. The minimum absolute atomic E-state index is 0.0701. The van der Waals surface area contributed by atoms with E-state index < -0.39 is 20.0 Å². The van der Waals surface area contributed by atoms with Gasteiger partial charge in [-0.15, -0.1) is 0 Å². The quantitative estimate of drug-likeness (QED) is 0.0410. The average molecular weight is 590 g/mol. The fourth-order valence-corrected chi connectivity index (χ4v) is 4.79. The first-order valence-corrected chi connectivity index (χ1v) is 17.2. The molecule has 1 amide bonds. The lowest BCUT2D eigenvalue weighted by atomic mass is 10.0. The monoisotopic (exact) mass is 589 g/mol. The number of aliphatic hydroxyl groups is 1. The van der Waals surface area contributed by atoms with E-state index in [0.29, 0.717) is 23.9 Å². The van der Waals surface area contributed by atoms with E-state index in [1.165, 1.54) is 19.3 Å². The zero-order valence-corrected chi connectivity index (χ0v) is 27.2. The Labute approximate surface area is 245 Å². The van der Waals surface area contributed by atoms with Gasteiger partial charge < -0.3 is 19.8 Å². The van der Waals surface area contributed by atoms with Crippen LogP contribution in [0.2, 0.25) is 0 Å². The Morgan fingerprint density at radius 3 is 2.10 bits per heavy atom. The summed E-state index contributed by atoms with van der Waals surface area (Å²) in [6.07, 6.45) is 23.9. The highest BCUT2D eigenvalue weighted by atomic mass is 31.2. The first-order chi connectivity index (χ1) is 19.0. The van der Waals surface area contributed by atoms with E-state index in [1.54, 1.807) is 0 Å². The van der Waals surface area contributed by atoms with Gasteiger partial charge in [-0.2, -0.15) is 0 Å². The number of quaternary nitrogens is 1. The van der Waals surface area contributed by atoms with Crippen LogP contribution in [0.1, 0.15) is 117 Å². The minimum atomic E-state index is -4.28. The van der Waals surface area contributed by atoms with Crippen molar-refractivity contribution in [3.8, 4) is 0 Å². The van der Waals surface area contributed by atoms with Crippen molar-refractivity contribution in [1.82, 2.24) is 5.32 Å². The Bertz CT molecular complexity index is 723. The SMILES string of the molecule is CCCC/C=C\C/C=C\CCCCCCCC(=O)NC(COP(=O)(O)OCC[N+](C)(C)C)C(O)CCCCCC. The van der Waals surface area contributed by atoms with Crippen molar-refractivity contribution in [2.45, 2.75) is 129 Å². The van der Waals surface area contributed by atoms with E-state index in [4.69, 9.17) is 9.05 Å². The van der Waals surface area contributed by atoms with Gasteiger partial charge in [-0.1, -0.05) is 95.9 Å². The Morgan fingerprint density at radius 1 is 0.850 bits per heavy atom. The van der Waals surface area contributed by atoms with Gasteiger partial charge in [0.05, 0.1) is 39.9 Å². The Kier molecular flexibility index (Phi) is 23.9. The van der Waals surface area contributed by atoms with Crippen molar-refractivity contribution in [1.29, 1.82) is 0 Å². The molecule has 0 aromatic rings. The highest BCUT2D eigenvalue weighted by Crippen LogP contribution is 2.43. The third-order valence-corrected chi connectivity index (χ3v) is 7.69. The number of phosphoric acid groups is 1. The molecule has 0 aliphatic rings. The molecule has 0 aliphatic heterocycles. The number of hydrogen-bond donors (Lipinski definition) is 3. The van der Waals surface area contributed by atoms with Crippen LogP contribution in [0.4, 0.5) is 0 Å². The summed E-state index contributed by atoms with van der Waals surface area (Å²) in [4.78, 5) is 22.7. The summed E-state index contributed by atoms with van der Waals surface area (Å²) < 4.78 is 23.2. The summed E-state index contributed by atoms with van der Waals surface area (Å²) in [6, 6.07) is -0.759. The number of carbonyl (C=O) groups is 1. The van der Waals surface area contributed by atoms with Gasteiger partial charge in [0.1, 0.15) is 13.2 Å². The molecule has 0 saturated heterocycles. The first kappa shape index (κ1) is 39.0. The second-order valence-electron chi connectivity index (χ2n) is 11.8. The van der Waals surface area contributed by atoms with E-state index in [9.17, 15) is 19.4 Å². The molecule has 0 aliphatic carbocycles. The molecule has 3 atom stereocenters. The van der Waals surface area contributed by atoms with Crippen LogP contribution in [0, 0.1) is 0 Å². The fourth-order valence-electron chi connectivity index (χ4n) is 4.06. The predicted molar refractivity (Wildman–Crippen MR) is 166 cm³/mol. The second-order valence-corrected chi connectivity index (χ2v) is 13.3. The van der Waals surface area contributed by atoms with Crippen molar-refractivity contribution in [2.75, 3.05) is 40.9 Å². The summed E-state index contributed by atoms with van der Waals surface area (Å²) in [5, 5.41) is 13.6. The molecule has 0 bridgehead atoms. The third kappa shape index (κ3) is 25.9. The molecule has 0 aromatic carbocycles. The molecular weight excluding hydrogens is 527 g/mol. The second kappa shape index (κ2) is 24.6. The van der Waals surface area contributed by atoms with Crippen LogP contribution in [0.25, 0.3) is 0 Å². The number of allylic oxidation sites excluding steroid dienone is 4. The molecule has 3 unspecified atom stereocenters. The molecule has 8 nitrogen and oxygen atoms in total. The number of unbranched alkanes of at least 4 members (excludes halogenated alkanes) is 10. The highest BCUT2D eigenvalue weighted by Gasteiger charge is 2.28. The zero-order chi connectivity index (χ0) is 30.1. The third-order valence-electron chi connectivity index (χ3n) is 6.70. The number of nitrogens with zero attached hydrogens (tertiary/aromatic N) is 1. The molecular formula is C31H62N2O6P+. The number of rotatable bonds is 27. The first-order valence-electron chi connectivity index (χ1n) is 15.7. The van der Waals surface area contributed by atoms with Gasteiger partial charge in [-0.05, 0) is 38.5 Å². The number of carbonyl (C=O) groups excluding carboxylic acids is 1. The molecule has 9 heteroatoms. The molecule has 0 fully saturated rings. The minimum Gasteiger partial charge on any atom is -0.391 e. The van der Waals surface area contributed by atoms with E-state index in [1.807, 2.05) is 21.1 Å². The van der Waals surface area contributed by atoms with Gasteiger partial charge >= 0.3 is 7.82 Å². The topological polar surface area (TPSA) is 105 Å². The van der Waals surface area contributed by atoms with Gasteiger partial charge in [0.2, 0.25) is 5.91 Å². The summed E-state index contributed by atoms with van der Waals surface area (Å²) >= 11 is 0. The standard InChI is InChI=1S/C31H61N2O6P/c1-6-8-10-12-13-14-15-16-17-18-19-20-21-23-25-31(35)32-29(30(34)24-22-11-9-7-2)28-39-40(36,37)38-27-26-33(3,4)5/h12-13,15-16,29-30,34H,6-11,14,17-28H2,1-5H3,(H-,32,35,36,37)/p+1/b13-12-,16-15-. The lowest BCUT2D eigenvalue weighted by Crippen LogP contribution is -2.46. The van der Waals surface area contributed by atoms with Crippen molar-refractivity contribution >= 4 is 13.7 Å². The Hall–Kier alpha value is -1.02. The van der Waals surface area contributed by atoms with Gasteiger partial charge in [0.25, 0.3) is 0 Å². The van der Waals surface area contributed by atoms with E-state index in [-0.39, 0.29) is 19.1 Å². The van der Waals surface area contributed by atoms with Gasteiger partial charge in [0, 0.05) is 6.42 Å². The molecule has 3 N–H and O–H groups in total. The number of aliphatic hydroxyl groups excluding tert-OH is 1. The van der Waals surface area contributed by atoms with Crippen LogP contribution in [-0.2, 0) is 18.4 Å². The predicted octanol–water partition coefficient (Wildman–Crippen LogP) is 7.07. The van der Waals surface area contributed by atoms with Gasteiger partial charge in [-0.25, -0.2) is 4.57 Å². The summed E-state index contributed by atoms with van der Waals surface area (Å²) in [6.45, 7) is 4.67. The van der Waals surface area contributed by atoms with Crippen molar-refractivity contribution in [2.24, 2.45) is 0 Å². The maximum atomic E-state index is 12.6. The average Bonchev–Trinajstić information content (AvgIpc) is 2.88. The van der Waals surface area contributed by atoms with Gasteiger partial charge in [-0.3, -0.25) is 13.8 Å². The van der Waals surface area contributed by atoms with Crippen LogP contribution in [-0.4, -0.2) is 73.4 Å². The molecule has 0 saturated carbocycles. The summed E-state index contributed by atoms with van der Waals surface area (Å²) in [5.74, 6) is -0.171. The smallest absolute Gasteiger partial charge is 0.391 e. The largest absolute Gasteiger partial charge is 0.472 e. The Morgan fingerprint density at radius 2 is 1.45 bits per heavy atom. The number of hydrogen-bond acceptors (Lipinski definition) is 5. The van der Waals surface area contributed by atoms with Crippen LogP contribution < -0.4 is 5.32 Å². The van der Waals surface area contributed by atoms with Crippen LogP contribution >= 0.6 is 7.82 Å². The number of likely N-dealkylation sites (N-methyl/N-ethyl adjacent to an activating group) is 1. The van der Waals surface area contributed by atoms with E-state index in [2.05, 4.69) is 43.5 Å². The molecule has 0 spiro atoms. The maximum absolute atomic E-state index is 12.6. The van der Waals surface area contributed by atoms with Crippen molar-refractivity contribution in [3.05, 3.63) is 24.3 Å². The van der Waals surface area contributed by atoms with Crippen LogP contribution in [0.15, 0.2) is 24.3 Å². The molecule has 0 aromatic heterocycles. The summed E-state index contributed by atoms with van der Waals surface area (Å²) in [5.41, 5.74) is 0. The summed E-state index contributed by atoms with van der Waals surface area (Å²) in [7, 11) is 1.59. The number of amides is 1. The maximum Gasteiger partial charge on any atom is 0.472 e. The molecule has 0 rings (SSSR count). The molecule has 0 heterocycles. The van der Waals surface area contributed by atoms with Crippen molar-refractivity contribution < 1.29 is 32.9 Å². The normalized spacial score (nSPS) is 15.5. The fraction of sp³-hybridized carbons (Fsp3) is 0.839. The molecule has 236 valence electrons. The number of phosphoric ester groups is 1. The zero-order valence-electron chi connectivity index (χ0n) is 26.3. The van der Waals surface area contributed by atoms with E-state index >= 15 is 0 Å². The van der Waals surface area contributed by atoms with Gasteiger partial charge in [0.15, 0.2) is 0 Å². The molecule has 0 radical (unpaired) electrons. The molecule has 40 heavy (non-hydrogen) atoms. The highest BCUT2D eigenvalue weighted by molar-refractivity contribution is 7.47. The lowest BCUT2D eigenvalue weighted by Gasteiger charge is -2.26. The lowest BCUT2D eigenvalue weighted by molar-refractivity contribution is -0.870. The van der Waals surface area contributed by atoms with Crippen molar-refractivity contribution in [3.63, 3.8) is 0 Å². The van der Waals surface area contributed by atoms with E-state index in [0.717, 1.165) is 70.6 Å². The van der Waals surface area contributed by atoms with Crippen LogP contribution in [0.3, 0.4) is 0 Å². The number of nitrogens with one attached hydrogen (secondary N) is 1.